The first kappa shape index (κ1) is 22.9. The third-order valence-electron chi connectivity index (χ3n) is 8.66. The van der Waals surface area contributed by atoms with Gasteiger partial charge in [-0.25, -0.2) is 0 Å². The number of nitrogens with one attached hydrogen (secondary N) is 2. The molecule has 0 aromatic heterocycles. The van der Waals surface area contributed by atoms with Crippen LogP contribution in [0.5, 0.6) is 0 Å². The van der Waals surface area contributed by atoms with Crippen molar-refractivity contribution in [2.45, 2.75) is 58.0 Å². The highest BCUT2D eigenvalue weighted by Gasteiger charge is 2.51. The van der Waals surface area contributed by atoms with Crippen molar-refractivity contribution in [3.05, 3.63) is 35.4 Å². The molecule has 5 aliphatic rings. The molecule has 1 aliphatic heterocycles. The quantitative estimate of drug-likeness (QED) is 0.637. The molecule has 33 heavy (non-hydrogen) atoms. The van der Waals surface area contributed by atoms with Crippen LogP contribution in [0, 0.1) is 23.2 Å². The van der Waals surface area contributed by atoms with Crippen LogP contribution < -0.4 is 10.6 Å². The maximum atomic E-state index is 12.6. The zero-order valence-electron chi connectivity index (χ0n) is 20.2. The van der Waals surface area contributed by atoms with Gasteiger partial charge in [-0.1, -0.05) is 24.3 Å². The van der Waals surface area contributed by atoms with Crippen LogP contribution in [0.25, 0.3) is 0 Å². The number of likely N-dealkylation sites (N-methyl/N-ethyl adjacent to an activating group) is 1. The van der Waals surface area contributed by atoms with Gasteiger partial charge >= 0.3 is 0 Å². The number of hydrogen-bond donors (Lipinski definition) is 2. The third kappa shape index (κ3) is 5.78. The van der Waals surface area contributed by atoms with E-state index in [2.05, 4.69) is 51.7 Å². The number of hydrogen-bond acceptors (Lipinski definition) is 4. The van der Waals surface area contributed by atoms with Gasteiger partial charge in [-0.2, -0.15) is 0 Å². The van der Waals surface area contributed by atoms with Crippen LogP contribution in [0.4, 0.5) is 0 Å². The van der Waals surface area contributed by atoms with Gasteiger partial charge in [0, 0.05) is 45.7 Å². The SMILES string of the molecule is CN1CCN(Cc2ccc(CNC(=O)CNC(=O)CC34CC5CC(CC(C5)C3)C4)cc2)CC1. The van der Waals surface area contributed by atoms with Crippen LogP contribution in [0.2, 0.25) is 0 Å². The van der Waals surface area contributed by atoms with Crippen molar-refractivity contribution >= 4 is 11.8 Å². The summed E-state index contributed by atoms with van der Waals surface area (Å²) >= 11 is 0. The highest BCUT2D eigenvalue weighted by molar-refractivity contribution is 5.84. The Morgan fingerprint density at radius 3 is 2.03 bits per heavy atom. The lowest BCUT2D eigenvalue weighted by Gasteiger charge is -2.56. The standard InChI is InChI=1S/C27H40N4O2/c1-30-6-8-31(9-7-30)19-21-4-2-20(3-5-21)17-28-26(33)18-29-25(32)16-27-13-22-10-23(14-27)12-24(11-22)15-27/h2-5,22-24H,6-19H2,1H3,(H,28,33)(H,29,32). The minimum Gasteiger partial charge on any atom is -0.350 e. The van der Waals surface area contributed by atoms with E-state index in [1.807, 2.05) is 0 Å². The predicted molar refractivity (Wildman–Crippen MR) is 129 cm³/mol. The lowest BCUT2D eigenvalue weighted by atomic mass is 9.49. The molecule has 1 aromatic carbocycles. The van der Waals surface area contributed by atoms with Crippen molar-refractivity contribution in [2.75, 3.05) is 39.8 Å². The molecule has 180 valence electrons. The monoisotopic (exact) mass is 452 g/mol. The summed E-state index contributed by atoms with van der Waals surface area (Å²) in [5.41, 5.74) is 2.62. The Bertz CT molecular complexity index is 809. The fourth-order valence-electron chi connectivity index (χ4n) is 7.38. The Morgan fingerprint density at radius 2 is 1.42 bits per heavy atom. The lowest BCUT2D eigenvalue weighted by molar-refractivity contribution is -0.131. The summed E-state index contributed by atoms with van der Waals surface area (Å²) < 4.78 is 0. The normalized spacial score (nSPS) is 31.5. The van der Waals surface area contributed by atoms with Gasteiger partial charge in [0.1, 0.15) is 0 Å². The van der Waals surface area contributed by atoms with Gasteiger partial charge in [-0.3, -0.25) is 14.5 Å². The number of amides is 2. The summed E-state index contributed by atoms with van der Waals surface area (Å²) in [7, 11) is 2.18. The molecule has 6 nitrogen and oxygen atoms in total. The average Bonchev–Trinajstić information content (AvgIpc) is 2.77. The molecule has 1 heterocycles. The Labute approximate surface area is 198 Å². The molecule has 2 amide bonds. The van der Waals surface area contributed by atoms with Crippen molar-refractivity contribution in [2.24, 2.45) is 23.2 Å². The first-order valence-electron chi connectivity index (χ1n) is 13.0. The maximum Gasteiger partial charge on any atom is 0.239 e. The molecule has 6 heteroatoms. The van der Waals surface area contributed by atoms with Crippen LogP contribution in [0.1, 0.15) is 56.1 Å². The molecule has 6 rings (SSSR count). The van der Waals surface area contributed by atoms with E-state index < -0.39 is 0 Å². The molecule has 5 fully saturated rings. The van der Waals surface area contributed by atoms with Crippen LogP contribution in [-0.2, 0) is 22.7 Å². The zero-order valence-corrected chi connectivity index (χ0v) is 20.2. The van der Waals surface area contributed by atoms with Crippen LogP contribution in [0.15, 0.2) is 24.3 Å². The number of rotatable bonds is 8. The highest BCUT2D eigenvalue weighted by atomic mass is 16.2. The molecule has 0 atom stereocenters. The van der Waals surface area contributed by atoms with Crippen molar-refractivity contribution in [3.8, 4) is 0 Å². The first-order chi connectivity index (χ1) is 15.9. The van der Waals surface area contributed by atoms with E-state index >= 15 is 0 Å². The van der Waals surface area contributed by atoms with E-state index in [0.717, 1.165) is 56.0 Å². The summed E-state index contributed by atoms with van der Waals surface area (Å²) in [6.07, 6.45) is 8.45. The van der Waals surface area contributed by atoms with Crippen LogP contribution >= 0.6 is 0 Å². The average molecular weight is 453 g/mol. The molecular formula is C27H40N4O2. The predicted octanol–water partition coefficient (Wildman–Crippen LogP) is 2.77. The number of nitrogens with zero attached hydrogens (tertiary/aromatic N) is 2. The summed E-state index contributed by atoms with van der Waals surface area (Å²) in [6.45, 7) is 6.04. The molecule has 1 aromatic rings. The van der Waals surface area contributed by atoms with E-state index in [1.54, 1.807) is 0 Å². The molecule has 1 saturated heterocycles. The van der Waals surface area contributed by atoms with Gasteiger partial charge in [0.15, 0.2) is 0 Å². The fourth-order valence-corrected chi connectivity index (χ4v) is 7.38. The zero-order chi connectivity index (χ0) is 22.8. The molecule has 2 N–H and O–H groups in total. The Morgan fingerprint density at radius 1 is 0.848 bits per heavy atom. The minimum absolute atomic E-state index is 0.0559. The molecule has 0 unspecified atom stereocenters. The second-order valence-electron chi connectivity index (χ2n) is 11.5. The second-order valence-corrected chi connectivity index (χ2v) is 11.5. The van der Waals surface area contributed by atoms with Gasteiger partial charge in [0.25, 0.3) is 0 Å². The van der Waals surface area contributed by atoms with E-state index in [0.29, 0.717) is 13.0 Å². The van der Waals surface area contributed by atoms with Gasteiger partial charge < -0.3 is 15.5 Å². The number of benzene rings is 1. The molecular weight excluding hydrogens is 412 g/mol. The van der Waals surface area contributed by atoms with Gasteiger partial charge in [-0.05, 0) is 79.9 Å². The second kappa shape index (κ2) is 9.75. The fraction of sp³-hybridized carbons (Fsp3) is 0.704. The minimum atomic E-state index is -0.115. The highest BCUT2D eigenvalue weighted by Crippen LogP contribution is 2.61. The first-order valence-corrected chi connectivity index (χ1v) is 13.0. The molecule has 4 aliphatic carbocycles. The van der Waals surface area contributed by atoms with Crippen molar-refractivity contribution < 1.29 is 9.59 Å². The Kier molecular flexibility index (Phi) is 6.75. The molecule has 0 radical (unpaired) electrons. The van der Waals surface area contributed by atoms with E-state index in [-0.39, 0.29) is 23.8 Å². The summed E-state index contributed by atoms with van der Waals surface area (Å²) in [6, 6.07) is 8.51. The molecule has 0 spiro atoms. The largest absolute Gasteiger partial charge is 0.350 e. The third-order valence-corrected chi connectivity index (χ3v) is 8.66. The summed E-state index contributed by atoms with van der Waals surface area (Å²) in [5, 5.41) is 5.84. The number of carbonyl (C=O) groups is 2. The summed E-state index contributed by atoms with van der Waals surface area (Å²) in [5.74, 6) is 2.48. The van der Waals surface area contributed by atoms with Gasteiger partial charge in [0.05, 0.1) is 6.54 Å². The van der Waals surface area contributed by atoms with E-state index in [4.69, 9.17) is 0 Å². The van der Waals surface area contributed by atoms with E-state index in [9.17, 15) is 9.59 Å². The number of carbonyl (C=O) groups excluding carboxylic acids is 2. The smallest absolute Gasteiger partial charge is 0.239 e. The Hall–Kier alpha value is -1.92. The Balaban J connectivity index is 1.01. The topological polar surface area (TPSA) is 64.7 Å². The van der Waals surface area contributed by atoms with Gasteiger partial charge in [-0.15, -0.1) is 0 Å². The molecule has 4 saturated carbocycles. The van der Waals surface area contributed by atoms with Crippen LogP contribution in [-0.4, -0.2) is 61.4 Å². The lowest BCUT2D eigenvalue weighted by Crippen LogP contribution is -2.48. The maximum absolute atomic E-state index is 12.6. The van der Waals surface area contributed by atoms with Gasteiger partial charge in [0.2, 0.25) is 11.8 Å². The van der Waals surface area contributed by atoms with Crippen LogP contribution in [0.3, 0.4) is 0 Å². The number of piperazine rings is 1. The summed E-state index contributed by atoms with van der Waals surface area (Å²) in [4.78, 5) is 29.8. The molecule has 4 bridgehead atoms. The van der Waals surface area contributed by atoms with E-state index in [1.165, 1.54) is 44.1 Å². The van der Waals surface area contributed by atoms with Crippen molar-refractivity contribution in [1.29, 1.82) is 0 Å². The van der Waals surface area contributed by atoms with Crippen molar-refractivity contribution in [3.63, 3.8) is 0 Å². The van der Waals surface area contributed by atoms with Crippen molar-refractivity contribution in [1.82, 2.24) is 20.4 Å².